The zero-order chi connectivity index (χ0) is 22.0. The molecule has 0 radical (unpaired) electrons. The Bertz CT molecular complexity index is 1320. The van der Waals surface area contributed by atoms with E-state index in [-0.39, 0.29) is 5.56 Å². The Hall–Kier alpha value is -3.78. The first-order valence-electron chi connectivity index (χ1n) is 9.32. The Morgan fingerprint density at radius 2 is 1.74 bits per heavy atom. The highest BCUT2D eigenvalue weighted by Crippen LogP contribution is 2.29. The van der Waals surface area contributed by atoms with E-state index in [0.717, 1.165) is 14.9 Å². The van der Waals surface area contributed by atoms with Crippen molar-refractivity contribution in [1.82, 2.24) is 14.5 Å². The Kier molecular flexibility index (Phi) is 5.64. The maximum absolute atomic E-state index is 13.5. The molecule has 0 aliphatic heterocycles. The molecule has 0 fully saturated rings. The van der Waals surface area contributed by atoms with E-state index in [1.807, 2.05) is 24.3 Å². The van der Waals surface area contributed by atoms with Gasteiger partial charge in [0.15, 0.2) is 5.82 Å². The monoisotopic (exact) mass is 476 g/mol. The maximum Gasteiger partial charge on any atom is 0.411 e. The summed E-state index contributed by atoms with van der Waals surface area (Å²) in [6, 6.07) is 17.7. The average molecular weight is 477 g/mol. The Balaban J connectivity index is 1.98. The van der Waals surface area contributed by atoms with Gasteiger partial charge in [0, 0.05) is 52.5 Å². The number of aromatic nitrogens is 3. The molecule has 2 aromatic heterocycles. The molecule has 0 saturated heterocycles. The number of hydrogen-bond donors (Lipinski definition) is 1. The van der Waals surface area contributed by atoms with Gasteiger partial charge in [-0.15, -0.1) is 0 Å². The van der Waals surface area contributed by atoms with E-state index in [1.54, 1.807) is 55.0 Å². The van der Waals surface area contributed by atoms with Crippen molar-refractivity contribution in [3.63, 3.8) is 0 Å². The summed E-state index contributed by atoms with van der Waals surface area (Å²) in [7, 11) is 1.45. The Morgan fingerprint density at radius 1 is 1.00 bits per heavy atom. The number of carboxylic acid groups (broad SMARTS) is 1. The van der Waals surface area contributed by atoms with Gasteiger partial charge in [0.05, 0.1) is 5.69 Å². The van der Waals surface area contributed by atoms with Crippen molar-refractivity contribution in [2.24, 2.45) is 0 Å². The van der Waals surface area contributed by atoms with Crippen molar-refractivity contribution in [2.45, 2.75) is 0 Å². The van der Waals surface area contributed by atoms with Crippen LogP contribution in [0.3, 0.4) is 0 Å². The van der Waals surface area contributed by atoms with Crippen molar-refractivity contribution in [3.05, 3.63) is 94.1 Å². The molecule has 0 aliphatic carbocycles. The standard InChI is InChI=1S/C23H17BrN4O3/c1-27(23(30)31)16-6-4-7-17(13-16)28-14-15(21-25-10-5-11-26-21)12-19(22(28)29)18-8-2-3-9-20(18)24/h2-14H,1H3,(H,30,31). The van der Waals surface area contributed by atoms with Crippen LogP contribution in [-0.2, 0) is 0 Å². The third-order valence-corrected chi connectivity index (χ3v) is 5.48. The van der Waals surface area contributed by atoms with Gasteiger partial charge in [0.1, 0.15) is 0 Å². The van der Waals surface area contributed by atoms with Gasteiger partial charge in [-0.25, -0.2) is 14.8 Å². The third kappa shape index (κ3) is 4.10. The topological polar surface area (TPSA) is 88.3 Å². The lowest BCUT2D eigenvalue weighted by Crippen LogP contribution is -2.24. The molecule has 0 bridgehead atoms. The lowest BCUT2D eigenvalue weighted by Gasteiger charge is -2.16. The zero-order valence-corrected chi connectivity index (χ0v) is 18.0. The van der Waals surface area contributed by atoms with Gasteiger partial charge in [-0.3, -0.25) is 14.3 Å². The fourth-order valence-electron chi connectivity index (χ4n) is 3.18. The molecule has 0 unspecified atom stereocenters. The fourth-order valence-corrected chi connectivity index (χ4v) is 3.68. The zero-order valence-electron chi connectivity index (χ0n) is 16.4. The van der Waals surface area contributed by atoms with Crippen LogP contribution < -0.4 is 10.5 Å². The largest absolute Gasteiger partial charge is 0.465 e. The lowest BCUT2D eigenvalue weighted by molar-refractivity contribution is 0.203. The normalized spacial score (nSPS) is 10.6. The average Bonchev–Trinajstić information content (AvgIpc) is 2.80. The summed E-state index contributed by atoms with van der Waals surface area (Å²) in [5, 5.41) is 9.30. The predicted octanol–water partition coefficient (Wildman–Crippen LogP) is 4.84. The molecular weight excluding hydrogens is 460 g/mol. The molecule has 0 aliphatic rings. The second-order valence-electron chi connectivity index (χ2n) is 6.73. The molecule has 7 nitrogen and oxygen atoms in total. The second kappa shape index (κ2) is 8.53. The fraction of sp³-hybridized carbons (Fsp3) is 0.0435. The molecule has 1 N–H and O–H groups in total. The minimum Gasteiger partial charge on any atom is -0.465 e. The molecule has 154 valence electrons. The van der Waals surface area contributed by atoms with Crippen LogP contribution in [0.2, 0.25) is 0 Å². The van der Waals surface area contributed by atoms with Crippen molar-refractivity contribution >= 4 is 27.7 Å². The van der Waals surface area contributed by atoms with E-state index in [1.165, 1.54) is 11.6 Å². The van der Waals surface area contributed by atoms with Crippen molar-refractivity contribution < 1.29 is 9.90 Å². The highest BCUT2D eigenvalue weighted by molar-refractivity contribution is 9.10. The quantitative estimate of drug-likeness (QED) is 0.455. The molecule has 2 heterocycles. The van der Waals surface area contributed by atoms with Crippen molar-refractivity contribution in [3.8, 4) is 28.2 Å². The number of anilines is 1. The molecule has 8 heteroatoms. The van der Waals surface area contributed by atoms with E-state index >= 15 is 0 Å². The van der Waals surface area contributed by atoms with Crippen LogP contribution in [0.25, 0.3) is 28.2 Å². The molecule has 2 aromatic carbocycles. The minimum atomic E-state index is -1.09. The smallest absolute Gasteiger partial charge is 0.411 e. The number of nitrogens with zero attached hydrogens (tertiary/aromatic N) is 4. The van der Waals surface area contributed by atoms with Gasteiger partial charge in [-0.05, 0) is 36.4 Å². The molecule has 0 spiro atoms. The molecule has 0 atom stereocenters. The van der Waals surface area contributed by atoms with Crippen molar-refractivity contribution in [1.29, 1.82) is 0 Å². The Morgan fingerprint density at radius 3 is 2.45 bits per heavy atom. The number of rotatable bonds is 4. The molecular formula is C23H17BrN4O3. The number of hydrogen-bond acceptors (Lipinski definition) is 4. The minimum absolute atomic E-state index is 0.248. The highest BCUT2D eigenvalue weighted by atomic mass is 79.9. The van der Waals surface area contributed by atoms with Gasteiger partial charge in [0.25, 0.3) is 5.56 Å². The van der Waals surface area contributed by atoms with Gasteiger partial charge in [-0.1, -0.05) is 40.2 Å². The number of pyridine rings is 1. The highest BCUT2D eigenvalue weighted by Gasteiger charge is 2.16. The van der Waals surface area contributed by atoms with E-state index in [4.69, 9.17) is 0 Å². The molecule has 31 heavy (non-hydrogen) atoms. The summed E-state index contributed by atoms with van der Waals surface area (Å²) in [6.45, 7) is 0. The number of carbonyl (C=O) groups is 1. The summed E-state index contributed by atoms with van der Waals surface area (Å²) in [6.07, 6.45) is 3.85. The van der Waals surface area contributed by atoms with Gasteiger partial charge < -0.3 is 5.11 Å². The van der Waals surface area contributed by atoms with Crippen LogP contribution in [0.4, 0.5) is 10.5 Å². The summed E-state index contributed by atoms with van der Waals surface area (Å²) in [5.41, 5.74) is 2.58. The van der Waals surface area contributed by atoms with Gasteiger partial charge >= 0.3 is 6.09 Å². The van der Waals surface area contributed by atoms with E-state index in [9.17, 15) is 14.7 Å². The molecule has 0 saturated carbocycles. The van der Waals surface area contributed by atoms with E-state index < -0.39 is 6.09 Å². The third-order valence-electron chi connectivity index (χ3n) is 4.79. The predicted molar refractivity (Wildman–Crippen MR) is 123 cm³/mol. The molecule has 1 amide bonds. The number of benzene rings is 2. The number of amides is 1. The second-order valence-corrected chi connectivity index (χ2v) is 7.59. The summed E-state index contributed by atoms with van der Waals surface area (Å²) < 4.78 is 2.27. The first kappa shape index (κ1) is 20.5. The van der Waals surface area contributed by atoms with Gasteiger partial charge in [-0.2, -0.15) is 0 Å². The van der Waals surface area contributed by atoms with Crippen LogP contribution in [0.1, 0.15) is 0 Å². The maximum atomic E-state index is 13.5. The summed E-state index contributed by atoms with van der Waals surface area (Å²) in [5.74, 6) is 0.475. The summed E-state index contributed by atoms with van der Waals surface area (Å²) in [4.78, 5) is 34.6. The summed E-state index contributed by atoms with van der Waals surface area (Å²) >= 11 is 3.52. The first-order valence-corrected chi connectivity index (χ1v) is 10.1. The number of halogens is 1. The first-order chi connectivity index (χ1) is 15.0. The van der Waals surface area contributed by atoms with Crippen LogP contribution >= 0.6 is 15.9 Å². The lowest BCUT2D eigenvalue weighted by atomic mass is 10.0. The Labute approximate surface area is 186 Å². The van der Waals surface area contributed by atoms with Crippen molar-refractivity contribution in [2.75, 3.05) is 11.9 Å². The van der Waals surface area contributed by atoms with E-state index in [2.05, 4.69) is 25.9 Å². The van der Waals surface area contributed by atoms with Crippen LogP contribution in [0.5, 0.6) is 0 Å². The van der Waals surface area contributed by atoms with Crippen LogP contribution in [0.15, 0.2) is 88.5 Å². The molecule has 4 aromatic rings. The van der Waals surface area contributed by atoms with Gasteiger partial charge in [0.2, 0.25) is 0 Å². The van der Waals surface area contributed by atoms with Crippen LogP contribution in [-0.4, -0.2) is 32.8 Å². The SMILES string of the molecule is CN(C(=O)O)c1cccc(-n2cc(-c3ncccn3)cc(-c3ccccc3Br)c2=O)c1. The van der Waals surface area contributed by atoms with E-state index in [0.29, 0.717) is 28.3 Å². The molecule has 4 rings (SSSR count). The van der Waals surface area contributed by atoms with Crippen LogP contribution in [0, 0.1) is 0 Å².